The van der Waals surface area contributed by atoms with Crippen LogP contribution < -0.4 is 4.74 Å². The number of hydrogen-bond acceptors (Lipinski definition) is 3. The monoisotopic (exact) mass is 411 g/mol. The van der Waals surface area contributed by atoms with E-state index in [1.807, 2.05) is 25.1 Å². The zero-order chi connectivity index (χ0) is 21.0. The number of methoxy groups -OCH3 is 1. The van der Waals surface area contributed by atoms with E-state index in [9.17, 15) is 5.26 Å². The minimum Gasteiger partial charge on any atom is -0.497 e. The Hall–Kier alpha value is -3.49. The van der Waals surface area contributed by atoms with Gasteiger partial charge in [0.1, 0.15) is 16.8 Å². The first-order chi connectivity index (χ1) is 14.5. The molecule has 0 aliphatic rings. The lowest BCUT2D eigenvalue weighted by molar-refractivity contribution is 0.415. The van der Waals surface area contributed by atoms with Gasteiger partial charge in [-0.15, -0.1) is 11.3 Å². The van der Waals surface area contributed by atoms with Crippen LogP contribution in [0.3, 0.4) is 0 Å². The largest absolute Gasteiger partial charge is 0.497 e. The molecule has 0 atom stereocenters. The number of aryl methyl sites for hydroxylation is 2. The number of H-pyrrole nitrogens is 1. The number of rotatable bonds is 3. The minimum absolute atomic E-state index is 0.728. The zero-order valence-corrected chi connectivity index (χ0v) is 18.1. The number of aromatic nitrogens is 2. The van der Waals surface area contributed by atoms with Crippen LogP contribution in [0.4, 0.5) is 0 Å². The molecule has 0 radical (unpaired) electrons. The van der Waals surface area contributed by atoms with Crippen LogP contribution in [0, 0.1) is 32.1 Å². The molecular formula is C25H21N3OS. The molecule has 0 unspecified atom stereocenters. The Bertz CT molecular complexity index is 1480. The third-order valence-electron chi connectivity index (χ3n) is 5.71. The molecule has 30 heavy (non-hydrogen) atoms. The van der Waals surface area contributed by atoms with Gasteiger partial charge < -0.3 is 14.3 Å². The average Bonchev–Trinajstić information content (AvgIpc) is 3.38. The van der Waals surface area contributed by atoms with Gasteiger partial charge >= 0.3 is 0 Å². The molecule has 0 bridgehead atoms. The van der Waals surface area contributed by atoms with Crippen LogP contribution in [0.5, 0.6) is 5.75 Å². The molecule has 5 aromatic rings. The van der Waals surface area contributed by atoms with Gasteiger partial charge in [-0.1, -0.05) is 12.1 Å². The molecule has 0 saturated carbocycles. The van der Waals surface area contributed by atoms with E-state index in [0.717, 1.165) is 49.2 Å². The van der Waals surface area contributed by atoms with Crippen LogP contribution in [0.15, 0.2) is 48.5 Å². The second kappa shape index (κ2) is 6.79. The number of ether oxygens (including phenoxy) is 1. The summed E-state index contributed by atoms with van der Waals surface area (Å²) >= 11 is 1.66. The van der Waals surface area contributed by atoms with Crippen molar-refractivity contribution in [3.63, 3.8) is 0 Å². The highest BCUT2D eigenvalue weighted by Gasteiger charge is 2.17. The fourth-order valence-electron chi connectivity index (χ4n) is 4.30. The second-order valence-electron chi connectivity index (χ2n) is 7.60. The molecule has 0 aliphatic carbocycles. The number of nitriles is 1. The van der Waals surface area contributed by atoms with Crippen LogP contribution in [0.2, 0.25) is 0 Å². The van der Waals surface area contributed by atoms with Crippen molar-refractivity contribution in [1.82, 2.24) is 9.55 Å². The van der Waals surface area contributed by atoms with Crippen LogP contribution in [-0.4, -0.2) is 16.7 Å². The number of benzene rings is 2. The van der Waals surface area contributed by atoms with E-state index in [2.05, 4.69) is 59.8 Å². The summed E-state index contributed by atoms with van der Waals surface area (Å²) in [6, 6.07) is 19.2. The van der Waals surface area contributed by atoms with E-state index in [0.29, 0.717) is 0 Å². The first-order valence-corrected chi connectivity index (χ1v) is 10.6. The highest BCUT2D eigenvalue weighted by Crippen LogP contribution is 2.36. The molecule has 5 rings (SSSR count). The number of nitrogens with one attached hydrogen (secondary N) is 1. The molecule has 1 N–H and O–H groups in total. The van der Waals surface area contributed by atoms with Crippen LogP contribution in [-0.2, 0) is 0 Å². The van der Waals surface area contributed by atoms with E-state index in [4.69, 9.17) is 4.74 Å². The smallest absolute Gasteiger partial charge is 0.120 e. The average molecular weight is 412 g/mol. The van der Waals surface area contributed by atoms with Crippen molar-refractivity contribution in [2.45, 2.75) is 20.8 Å². The molecule has 2 aromatic carbocycles. The predicted octanol–water partition coefficient (Wildman–Crippen LogP) is 6.65. The molecule has 148 valence electrons. The number of hydrogen-bond donors (Lipinski definition) is 1. The van der Waals surface area contributed by atoms with Crippen molar-refractivity contribution in [1.29, 1.82) is 5.26 Å². The summed E-state index contributed by atoms with van der Waals surface area (Å²) in [6.07, 6.45) is 0. The van der Waals surface area contributed by atoms with Crippen molar-refractivity contribution >= 4 is 33.1 Å². The van der Waals surface area contributed by atoms with Crippen LogP contribution >= 0.6 is 11.3 Å². The van der Waals surface area contributed by atoms with Crippen molar-refractivity contribution in [2.75, 3.05) is 7.11 Å². The zero-order valence-electron chi connectivity index (χ0n) is 17.3. The maximum atomic E-state index is 9.55. The van der Waals surface area contributed by atoms with E-state index in [1.165, 1.54) is 16.3 Å². The predicted molar refractivity (Wildman–Crippen MR) is 124 cm³/mol. The molecular weight excluding hydrogens is 390 g/mol. The van der Waals surface area contributed by atoms with Gasteiger partial charge in [-0.25, -0.2) is 0 Å². The maximum absolute atomic E-state index is 9.55. The SMILES string of the molecule is COc1ccc2c(c1)[nH]c1cc(-c3cc(C)n(-c4sc(C)cc4C#N)c3C)ccc12. The van der Waals surface area contributed by atoms with Gasteiger partial charge in [0.05, 0.1) is 18.2 Å². The molecule has 4 nitrogen and oxygen atoms in total. The van der Waals surface area contributed by atoms with Crippen LogP contribution in [0.25, 0.3) is 37.9 Å². The Morgan fingerprint density at radius 2 is 1.70 bits per heavy atom. The topological polar surface area (TPSA) is 53.7 Å². The quantitative estimate of drug-likeness (QED) is 0.361. The van der Waals surface area contributed by atoms with E-state index in [1.54, 1.807) is 18.4 Å². The number of fused-ring (bicyclic) bond motifs is 3. The Balaban J connectivity index is 1.67. The van der Waals surface area contributed by atoms with E-state index < -0.39 is 0 Å². The molecule has 0 spiro atoms. The van der Waals surface area contributed by atoms with Gasteiger partial charge in [0.15, 0.2) is 0 Å². The maximum Gasteiger partial charge on any atom is 0.120 e. The minimum atomic E-state index is 0.728. The van der Waals surface area contributed by atoms with Crippen molar-refractivity contribution in [3.8, 4) is 27.9 Å². The third-order valence-corrected chi connectivity index (χ3v) is 6.74. The first-order valence-electron chi connectivity index (χ1n) is 9.80. The highest BCUT2D eigenvalue weighted by molar-refractivity contribution is 7.14. The number of thiophene rings is 1. The number of nitrogens with zero attached hydrogens (tertiary/aromatic N) is 2. The summed E-state index contributed by atoms with van der Waals surface area (Å²) in [7, 11) is 1.69. The normalized spacial score (nSPS) is 11.3. The summed E-state index contributed by atoms with van der Waals surface area (Å²) in [6.45, 7) is 6.27. The molecule has 0 aliphatic heterocycles. The Kier molecular flexibility index (Phi) is 4.19. The molecule has 3 aromatic heterocycles. The molecule has 5 heteroatoms. The van der Waals surface area contributed by atoms with Crippen molar-refractivity contribution in [2.24, 2.45) is 0 Å². The molecule has 0 fully saturated rings. The lowest BCUT2D eigenvalue weighted by Crippen LogP contribution is -1.98. The van der Waals surface area contributed by atoms with E-state index in [-0.39, 0.29) is 0 Å². The van der Waals surface area contributed by atoms with Gasteiger partial charge in [-0.05, 0) is 56.7 Å². The van der Waals surface area contributed by atoms with Gasteiger partial charge in [0, 0.05) is 44.2 Å². The summed E-state index contributed by atoms with van der Waals surface area (Å²) in [5.74, 6) is 0.845. The van der Waals surface area contributed by atoms with Gasteiger partial charge in [0.25, 0.3) is 0 Å². The van der Waals surface area contributed by atoms with Gasteiger partial charge in [-0.2, -0.15) is 5.26 Å². The van der Waals surface area contributed by atoms with Crippen molar-refractivity contribution in [3.05, 3.63) is 70.4 Å². The first kappa shape index (κ1) is 18.5. The Morgan fingerprint density at radius 3 is 2.43 bits per heavy atom. The van der Waals surface area contributed by atoms with Crippen molar-refractivity contribution < 1.29 is 4.74 Å². The molecule has 0 amide bonds. The Labute approximate surface area is 179 Å². The fraction of sp³-hybridized carbons (Fsp3) is 0.160. The van der Waals surface area contributed by atoms with Gasteiger partial charge in [-0.3, -0.25) is 0 Å². The summed E-state index contributed by atoms with van der Waals surface area (Å²) in [5.41, 5.74) is 7.51. The third kappa shape index (κ3) is 2.72. The summed E-state index contributed by atoms with van der Waals surface area (Å²) in [5, 5.41) is 12.9. The highest BCUT2D eigenvalue weighted by atomic mass is 32.1. The molecule has 3 heterocycles. The van der Waals surface area contributed by atoms with Gasteiger partial charge in [0.2, 0.25) is 0 Å². The second-order valence-corrected chi connectivity index (χ2v) is 8.84. The summed E-state index contributed by atoms with van der Waals surface area (Å²) in [4.78, 5) is 4.67. The lowest BCUT2D eigenvalue weighted by Gasteiger charge is -2.08. The fourth-order valence-corrected chi connectivity index (χ4v) is 5.37. The summed E-state index contributed by atoms with van der Waals surface area (Å²) < 4.78 is 7.56. The number of aromatic amines is 1. The molecule has 0 saturated heterocycles. The van der Waals surface area contributed by atoms with Crippen LogP contribution in [0.1, 0.15) is 21.8 Å². The Morgan fingerprint density at radius 1 is 0.967 bits per heavy atom. The lowest BCUT2D eigenvalue weighted by atomic mass is 10.0. The van der Waals surface area contributed by atoms with E-state index >= 15 is 0 Å². The standard InChI is InChI=1S/C25H21N3OS/c1-14-9-22(16(3)28(14)25-18(13-26)10-15(2)30-25)17-5-7-20-21-8-6-19(29-4)12-24(21)27-23(20)11-17/h5-12,27H,1-4H3.